The van der Waals surface area contributed by atoms with E-state index >= 15 is 0 Å². The van der Waals surface area contributed by atoms with Gasteiger partial charge in [0.2, 0.25) is 0 Å². The minimum atomic E-state index is -0.162. The van der Waals surface area contributed by atoms with Crippen LogP contribution in [0.15, 0.2) is 46.9 Å². The molecule has 0 heterocycles. The number of benzene rings is 2. The predicted molar refractivity (Wildman–Crippen MR) is 84.8 cm³/mol. The second kappa shape index (κ2) is 6.37. The first kappa shape index (κ1) is 15.0. The Labute approximate surface area is 127 Å². The summed E-state index contributed by atoms with van der Waals surface area (Å²) in [6, 6.07) is 12.8. The van der Waals surface area contributed by atoms with Crippen LogP contribution in [0.25, 0.3) is 0 Å². The van der Waals surface area contributed by atoms with Crippen LogP contribution in [-0.2, 0) is 6.54 Å². The fraction of sp³-hybridized carbons (Fsp3) is 0.250. The molecule has 2 N–H and O–H groups in total. The summed E-state index contributed by atoms with van der Waals surface area (Å²) < 4.78 is 14.7. The molecule has 2 aromatic rings. The van der Waals surface area contributed by atoms with Crippen LogP contribution in [0.1, 0.15) is 24.1 Å². The van der Waals surface area contributed by atoms with E-state index in [0.29, 0.717) is 5.56 Å². The number of halogens is 2. The fourth-order valence-corrected chi connectivity index (χ4v) is 2.57. The van der Waals surface area contributed by atoms with Gasteiger partial charge >= 0.3 is 0 Å². The standard InChI is InChI=1S/C16H18BrFN2/c1-11(13-5-3-4-6-15(13)18)20(2)10-12-7-8-16(19)14(17)9-12/h3-9,11H,10,19H2,1-2H3. The molecule has 2 aromatic carbocycles. The maximum absolute atomic E-state index is 13.8. The molecule has 0 fully saturated rings. The molecule has 0 amide bonds. The van der Waals surface area contributed by atoms with Crippen molar-refractivity contribution < 1.29 is 4.39 Å². The van der Waals surface area contributed by atoms with E-state index in [1.165, 1.54) is 6.07 Å². The molecule has 1 atom stereocenters. The number of hydrogen-bond donors (Lipinski definition) is 1. The van der Waals surface area contributed by atoms with Gasteiger partial charge in [0.25, 0.3) is 0 Å². The number of nitrogens with two attached hydrogens (primary N) is 1. The van der Waals surface area contributed by atoms with Crippen molar-refractivity contribution in [3.8, 4) is 0 Å². The van der Waals surface area contributed by atoms with Crippen LogP contribution in [0.3, 0.4) is 0 Å². The highest BCUT2D eigenvalue weighted by molar-refractivity contribution is 9.10. The van der Waals surface area contributed by atoms with Gasteiger partial charge in [0, 0.05) is 28.3 Å². The Morgan fingerprint density at radius 2 is 1.95 bits per heavy atom. The summed E-state index contributed by atoms with van der Waals surface area (Å²) in [5.74, 6) is -0.162. The molecule has 106 valence electrons. The van der Waals surface area contributed by atoms with E-state index in [9.17, 15) is 4.39 Å². The van der Waals surface area contributed by atoms with Crippen molar-refractivity contribution >= 4 is 21.6 Å². The number of hydrogen-bond acceptors (Lipinski definition) is 2. The van der Waals surface area contributed by atoms with Gasteiger partial charge in [-0.1, -0.05) is 24.3 Å². The zero-order valence-corrected chi connectivity index (χ0v) is 13.2. The van der Waals surface area contributed by atoms with Crippen molar-refractivity contribution in [3.05, 3.63) is 63.9 Å². The molecular formula is C16H18BrFN2. The molecule has 0 aliphatic rings. The highest BCUT2D eigenvalue weighted by atomic mass is 79.9. The van der Waals surface area contributed by atoms with Crippen LogP contribution >= 0.6 is 15.9 Å². The van der Waals surface area contributed by atoms with E-state index in [1.54, 1.807) is 6.07 Å². The van der Waals surface area contributed by atoms with Crippen molar-refractivity contribution in [3.63, 3.8) is 0 Å². The monoisotopic (exact) mass is 336 g/mol. The zero-order chi connectivity index (χ0) is 14.7. The van der Waals surface area contributed by atoms with Gasteiger partial charge < -0.3 is 5.73 Å². The molecular weight excluding hydrogens is 319 g/mol. The summed E-state index contributed by atoms with van der Waals surface area (Å²) in [6.07, 6.45) is 0. The number of nitrogen functional groups attached to an aromatic ring is 1. The van der Waals surface area contributed by atoms with Gasteiger partial charge in [0.1, 0.15) is 5.82 Å². The van der Waals surface area contributed by atoms with Gasteiger partial charge in [-0.05, 0) is 53.7 Å². The Hall–Kier alpha value is -1.39. The van der Waals surface area contributed by atoms with Gasteiger partial charge in [0.15, 0.2) is 0 Å². The topological polar surface area (TPSA) is 29.3 Å². The van der Waals surface area contributed by atoms with Gasteiger partial charge in [0.05, 0.1) is 0 Å². The Balaban J connectivity index is 2.13. The third kappa shape index (κ3) is 3.38. The summed E-state index contributed by atoms with van der Waals surface area (Å²) in [5, 5.41) is 0. The molecule has 2 rings (SSSR count). The molecule has 0 spiro atoms. The quantitative estimate of drug-likeness (QED) is 0.840. The molecule has 0 aliphatic heterocycles. The van der Waals surface area contributed by atoms with Crippen molar-refractivity contribution in [1.29, 1.82) is 0 Å². The number of rotatable bonds is 4. The molecule has 1 unspecified atom stereocenters. The molecule has 2 nitrogen and oxygen atoms in total. The zero-order valence-electron chi connectivity index (χ0n) is 11.6. The highest BCUT2D eigenvalue weighted by Gasteiger charge is 2.15. The Kier molecular flexibility index (Phi) is 4.78. The van der Waals surface area contributed by atoms with E-state index < -0.39 is 0 Å². The number of anilines is 1. The molecule has 0 saturated heterocycles. The molecule has 0 radical (unpaired) electrons. The van der Waals surface area contributed by atoms with Crippen molar-refractivity contribution in [1.82, 2.24) is 4.90 Å². The van der Waals surface area contributed by atoms with Gasteiger partial charge in [-0.15, -0.1) is 0 Å². The maximum Gasteiger partial charge on any atom is 0.127 e. The van der Waals surface area contributed by atoms with Gasteiger partial charge in [-0.3, -0.25) is 4.90 Å². The van der Waals surface area contributed by atoms with Crippen LogP contribution in [-0.4, -0.2) is 11.9 Å². The molecule has 4 heteroatoms. The maximum atomic E-state index is 13.8. The third-order valence-electron chi connectivity index (χ3n) is 3.51. The molecule has 0 aliphatic carbocycles. The summed E-state index contributed by atoms with van der Waals surface area (Å²) in [4.78, 5) is 2.11. The first-order valence-corrected chi connectivity index (χ1v) is 7.27. The van der Waals surface area contributed by atoms with Crippen LogP contribution in [0.4, 0.5) is 10.1 Å². The van der Waals surface area contributed by atoms with E-state index in [0.717, 1.165) is 22.3 Å². The third-order valence-corrected chi connectivity index (χ3v) is 4.20. The van der Waals surface area contributed by atoms with Crippen LogP contribution < -0.4 is 5.73 Å². The lowest BCUT2D eigenvalue weighted by molar-refractivity contribution is 0.248. The summed E-state index contributed by atoms with van der Waals surface area (Å²) in [5.41, 5.74) is 8.35. The van der Waals surface area contributed by atoms with E-state index in [4.69, 9.17) is 5.73 Å². The largest absolute Gasteiger partial charge is 0.398 e. The normalized spacial score (nSPS) is 12.7. The Morgan fingerprint density at radius 1 is 1.25 bits per heavy atom. The van der Waals surface area contributed by atoms with Crippen molar-refractivity contribution in [2.24, 2.45) is 0 Å². The average Bonchev–Trinajstić information content (AvgIpc) is 2.42. The lowest BCUT2D eigenvalue weighted by Gasteiger charge is -2.25. The van der Waals surface area contributed by atoms with Gasteiger partial charge in [-0.2, -0.15) is 0 Å². The number of nitrogens with zero attached hydrogens (tertiary/aromatic N) is 1. The highest BCUT2D eigenvalue weighted by Crippen LogP contribution is 2.25. The van der Waals surface area contributed by atoms with Crippen molar-refractivity contribution in [2.45, 2.75) is 19.5 Å². The first-order valence-electron chi connectivity index (χ1n) is 6.47. The first-order chi connectivity index (χ1) is 9.49. The van der Waals surface area contributed by atoms with Crippen LogP contribution in [0.5, 0.6) is 0 Å². The minimum Gasteiger partial charge on any atom is -0.398 e. The summed E-state index contributed by atoms with van der Waals surface area (Å²) >= 11 is 3.43. The minimum absolute atomic E-state index is 0.00697. The summed E-state index contributed by atoms with van der Waals surface area (Å²) in [6.45, 7) is 2.74. The Morgan fingerprint density at radius 3 is 2.60 bits per heavy atom. The van der Waals surface area contributed by atoms with E-state index in [-0.39, 0.29) is 11.9 Å². The molecule has 20 heavy (non-hydrogen) atoms. The molecule has 0 aromatic heterocycles. The molecule has 0 bridgehead atoms. The lowest BCUT2D eigenvalue weighted by atomic mass is 10.1. The second-order valence-corrected chi connectivity index (χ2v) is 5.82. The van der Waals surface area contributed by atoms with Crippen LogP contribution in [0.2, 0.25) is 0 Å². The smallest absolute Gasteiger partial charge is 0.127 e. The van der Waals surface area contributed by atoms with E-state index in [1.807, 2.05) is 44.3 Å². The van der Waals surface area contributed by atoms with Gasteiger partial charge in [-0.25, -0.2) is 4.39 Å². The van der Waals surface area contributed by atoms with E-state index in [2.05, 4.69) is 20.8 Å². The Bertz CT molecular complexity index is 601. The lowest BCUT2D eigenvalue weighted by Crippen LogP contribution is -2.22. The fourth-order valence-electron chi connectivity index (χ4n) is 2.15. The summed E-state index contributed by atoms with van der Waals surface area (Å²) in [7, 11) is 1.99. The van der Waals surface area contributed by atoms with Crippen molar-refractivity contribution in [2.75, 3.05) is 12.8 Å². The second-order valence-electron chi connectivity index (χ2n) is 4.97. The SMILES string of the molecule is CC(c1ccccc1F)N(C)Cc1ccc(N)c(Br)c1. The average molecular weight is 337 g/mol. The predicted octanol–water partition coefficient (Wildman–Crippen LogP) is 4.36. The van der Waals surface area contributed by atoms with Crippen LogP contribution in [0, 0.1) is 5.82 Å². The molecule has 0 saturated carbocycles.